The molecule has 0 atom stereocenters. The molecule has 0 aliphatic carbocycles. The smallest absolute Gasteiger partial charge is 0.222 e. The Morgan fingerprint density at radius 3 is 3.06 bits per heavy atom. The van der Waals surface area contributed by atoms with Crippen molar-refractivity contribution in [2.75, 3.05) is 26.2 Å². The molecule has 0 bridgehead atoms. The van der Waals surface area contributed by atoms with Crippen molar-refractivity contribution in [1.29, 1.82) is 0 Å². The van der Waals surface area contributed by atoms with Gasteiger partial charge in [0.2, 0.25) is 5.91 Å². The van der Waals surface area contributed by atoms with E-state index >= 15 is 0 Å². The third-order valence-electron chi connectivity index (χ3n) is 2.86. The Morgan fingerprint density at radius 2 is 2.29 bits per heavy atom. The predicted octanol–water partition coefficient (Wildman–Crippen LogP) is 1.92. The first kappa shape index (κ1) is 14.5. The van der Waals surface area contributed by atoms with Crippen LogP contribution in [0.4, 0.5) is 0 Å². The molecule has 2 rings (SSSR count). The SMILES string of the molecule is Cl.O=C(CCc1cccs1)N1CCCNCC1. The number of aryl methyl sites for hydroxylation is 1. The summed E-state index contributed by atoms with van der Waals surface area (Å²) in [5.41, 5.74) is 0. The average Bonchev–Trinajstić information content (AvgIpc) is 2.66. The fourth-order valence-corrected chi connectivity index (χ4v) is 2.65. The molecule has 1 amide bonds. The quantitative estimate of drug-likeness (QED) is 0.913. The molecular formula is C12H19ClN2OS. The third-order valence-corrected chi connectivity index (χ3v) is 3.79. The summed E-state index contributed by atoms with van der Waals surface area (Å²) < 4.78 is 0. The number of hydrogen-bond acceptors (Lipinski definition) is 3. The number of amides is 1. The fraction of sp³-hybridized carbons (Fsp3) is 0.583. The molecule has 2 heterocycles. The highest BCUT2D eigenvalue weighted by molar-refractivity contribution is 7.09. The predicted molar refractivity (Wildman–Crippen MR) is 74.0 cm³/mol. The normalized spacial score (nSPS) is 16.1. The van der Waals surface area contributed by atoms with Crippen LogP contribution >= 0.6 is 23.7 Å². The summed E-state index contributed by atoms with van der Waals surface area (Å²) in [6, 6.07) is 4.14. The van der Waals surface area contributed by atoms with Gasteiger partial charge in [-0.25, -0.2) is 0 Å². The molecule has 1 aromatic heterocycles. The summed E-state index contributed by atoms with van der Waals surface area (Å²) in [6.07, 6.45) is 2.62. The minimum absolute atomic E-state index is 0. The van der Waals surface area contributed by atoms with E-state index in [0.29, 0.717) is 12.3 Å². The van der Waals surface area contributed by atoms with Crippen molar-refractivity contribution in [3.63, 3.8) is 0 Å². The first-order chi connectivity index (χ1) is 7.86. The summed E-state index contributed by atoms with van der Waals surface area (Å²) in [4.78, 5) is 15.2. The lowest BCUT2D eigenvalue weighted by atomic mass is 10.2. The molecule has 1 fully saturated rings. The van der Waals surface area contributed by atoms with Gasteiger partial charge < -0.3 is 10.2 Å². The molecule has 0 unspecified atom stereocenters. The fourth-order valence-electron chi connectivity index (χ4n) is 1.94. The second-order valence-corrected chi connectivity index (χ2v) is 5.10. The van der Waals surface area contributed by atoms with Crippen molar-refractivity contribution >= 4 is 29.7 Å². The van der Waals surface area contributed by atoms with Gasteiger partial charge in [0, 0.05) is 30.9 Å². The molecular weight excluding hydrogens is 256 g/mol. The van der Waals surface area contributed by atoms with Gasteiger partial charge in [-0.1, -0.05) is 6.07 Å². The van der Waals surface area contributed by atoms with Crippen LogP contribution in [0.2, 0.25) is 0 Å². The molecule has 1 aromatic rings. The highest BCUT2D eigenvalue weighted by Crippen LogP contribution is 2.12. The minimum atomic E-state index is 0. The molecule has 96 valence electrons. The van der Waals surface area contributed by atoms with Gasteiger partial charge in [0.15, 0.2) is 0 Å². The van der Waals surface area contributed by atoms with Crippen molar-refractivity contribution in [2.24, 2.45) is 0 Å². The summed E-state index contributed by atoms with van der Waals surface area (Å²) >= 11 is 1.73. The molecule has 17 heavy (non-hydrogen) atoms. The zero-order chi connectivity index (χ0) is 11.2. The number of carbonyl (C=O) groups is 1. The van der Waals surface area contributed by atoms with Gasteiger partial charge in [-0.3, -0.25) is 4.79 Å². The number of nitrogens with zero attached hydrogens (tertiary/aromatic N) is 1. The van der Waals surface area contributed by atoms with Crippen LogP contribution in [-0.2, 0) is 11.2 Å². The summed E-state index contributed by atoms with van der Waals surface area (Å²) in [5, 5.41) is 5.38. The van der Waals surface area contributed by atoms with Crippen LogP contribution in [0.15, 0.2) is 17.5 Å². The Morgan fingerprint density at radius 1 is 1.41 bits per heavy atom. The lowest BCUT2D eigenvalue weighted by molar-refractivity contribution is -0.130. The van der Waals surface area contributed by atoms with Gasteiger partial charge in [-0.15, -0.1) is 23.7 Å². The molecule has 0 aromatic carbocycles. The van der Waals surface area contributed by atoms with Gasteiger partial charge in [-0.2, -0.15) is 0 Å². The first-order valence-electron chi connectivity index (χ1n) is 5.87. The Kier molecular flexibility index (Phi) is 6.55. The maximum absolute atomic E-state index is 11.9. The van der Waals surface area contributed by atoms with Crippen LogP contribution in [0, 0.1) is 0 Å². The van der Waals surface area contributed by atoms with E-state index in [4.69, 9.17) is 0 Å². The summed E-state index contributed by atoms with van der Waals surface area (Å²) in [5.74, 6) is 0.303. The van der Waals surface area contributed by atoms with Crippen LogP contribution in [0.3, 0.4) is 0 Å². The van der Waals surface area contributed by atoms with Crippen LogP contribution in [0.25, 0.3) is 0 Å². The minimum Gasteiger partial charge on any atom is -0.341 e. The second-order valence-electron chi connectivity index (χ2n) is 4.06. The van der Waals surface area contributed by atoms with Gasteiger partial charge in [0.1, 0.15) is 0 Å². The number of nitrogens with one attached hydrogen (secondary N) is 1. The highest BCUT2D eigenvalue weighted by atomic mass is 35.5. The van der Waals surface area contributed by atoms with Gasteiger partial charge >= 0.3 is 0 Å². The Hall–Kier alpha value is -0.580. The van der Waals surface area contributed by atoms with Crippen molar-refractivity contribution in [1.82, 2.24) is 10.2 Å². The van der Waals surface area contributed by atoms with Crippen molar-refractivity contribution < 1.29 is 4.79 Å². The Balaban J connectivity index is 0.00000144. The first-order valence-corrected chi connectivity index (χ1v) is 6.75. The maximum Gasteiger partial charge on any atom is 0.222 e. The van der Waals surface area contributed by atoms with E-state index in [1.807, 2.05) is 11.0 Å². The van der Waals surface area contributed by atoms with Gasteiger partial charge in [0.05, 0.1) is 0 Å². The zero-order valence-corrected chi connectivity index (χ0v) is 11.5. The van der Waals surface area contributed by atoms with E-state index in [2.05, 4.69) is 16.8 Å². The van der Waals surface area contributed by atoms with Gasteiger partial charge in [-0.05, 0) is 30.8 Å². The number of rotatable bonds is 3. The van der Waals surface area contributed by atoms with E-state index < -0.39 is 0 Å². The summed E-state index contributed by atoms with van der Waals surface area (Å²) in [7, 11) is 0. The van der Waals surface area contributed by atoms with E-state index in [0.717, 1.165) is 39.0 Å². The number of halogens is 1. The molecule has 1 saturated heterocycles. The van der Waals surface area contributed by atoms with E-state index in [9.17, 15) is 4.79 Å². The Bertz CT molecular complexity index is 321. The number of hydrogen-bond donors (Lipinski definition) is 1. The second kappa shape index (κ2) is 7.69. The lowest BCUT2D eigenvalue weighted by Gasteiger charge is -2.19. The number of carbonyl (C=O) groups excluding carboxylic acids is 1. The molecule has 3 nitrogen and oxygen atoms in total. The van der Waals surface area contributed by atoms with E-state index in [1.165, 1.54) is 4.88 Å². The third kappa shape index (κ3) is 4.66. The molecule has 1 aliphatic heterocycles. The highest BCUT2D eigenvalue weighted by Gasteiger charge is 2.14. The standard InChI is InChI=1S/C12H18N2OS.ClH/c15-12(5-4-11-3-1-10-16-11)14-8-2-6-13-7-9-14;/h1,3,10,13H,2,4-9H2;1H. The van der Waals surface area contributed by atoms with Crippen molar-refractivity contribution in [3.05, 3.63) is 22.4 Å². The molecule has 0 saturated carbocycles. The van der Waals surface area contributed by atoms with Crippen LogP contribution in [0.5, 0.6) is 0 Å². The molecule has 5 heteroatoms. The maximum atomic E-state index is 11.9. The lowest BCUT2D eigenvalue weighted by Crippen LogP contribution is -2.34. The van der Waals surface area contributed by atoms with Crippen LogP contribution in [0.1, 0.15) is 17.7 Å². The Labute approximate surface area is 113 Å². The summed E-state index contributed by atoms with van der Waals surface area (Å²) in [6.45, 7) is 3.75. The molecule has 0 spiro atoms. The van der Waals surface area contributed by atoms with Crippen molar-refractivity contribution in [3.8, 4) is 0 Å². The monoisotopic (exact) mass is 274 g/mol. The van der Waals surface area contributed by atoms with Gasteiger partial charge in [0.25, 0.3) is 0 Å². The van der Waals surface area contributed by atoms with E-state index in [-0.39, 0.29) is 12.4 Å². The molecule has 1 N–H and O–H groups in total. The van der Waals surface area contributed by atoms with Crippen LogP contribution in [-0.4, -0.2) is 37.0 Å². The zero-order valence-electron chi connectivity index (χ0n) is 9.85. The van der Waals surface area contributed by atoms with Crippen molar-refractivity contribution in [2.45, 2.75) is 19.3 Å². The average molecular weight is 275 g/mol. The van der Waals surface area contributed by atoms with Crippen LogP contribution < -0.4 is 5.32 Å². The molecule has 1 aliphatic rings. The number of thiophene rings is 1. The molecule has 0 radical (unpaired) electrons. The van der Waals surface area contributed by atoms with E-state index in [1.54, 1.807) is 11.3 Å². The largest absolute Gasteiger partial charge is 0.341 e. The topological polar surface area (TPSA) is 32.3 Å².